The lowest BCUT2D eigenvalue weighted by atomic mass is 10.5. The summed E-state index contributed by atoms with van der Waals surface area (Å²) in [5, 5.41) is 11.5. The highest BCUT2D eigenvalue weighted by Crippen LogP contribution is 2.47. The van der Waals surface area contributed by atoms with Crippen LogP contribution in [0, 0.1) is 0 Å². The highest BCUT2D eigenvalue weighted by molar-refractivity contribution is 8.00. The van der Waals surface area contributed by atoms with E-state index in [9.17, 15) is 14.2 Å². The van der Waals surface area contributed by atoms with Crippen LogP contribution in [0.25, 0.3) is 0 Å². The largest absolute Gasteiger partial charge is 0.393 e. The smallest absolute Gasteiger partial charge is 0.351 e. The number of aliphatic hydroxyl groups excluding tert-OH is 1. The van der Waals surface area contributed by atoms with E-state index in [-0.39, 0.29) is 31.1 Å². The van der Waals surface area contributed by atoms with Crippen LogP contribution in [0.1, 0.15) is 20.1 Å². The highest BCUT2D eigenvalue weighted by atomic mass is 32.2. The van der Waals surface area contributed by atoms with Gasteiger partial charge >= 0.3 is 13.3 Å². The molecule has 1 aliphatic rings. The molecule has 0 unspecified atom stereocenters. The Morgan fingerprint density at radius 3 is 2.73 bits per heavy atom. The van der Waals surface area contributed by atoms with E-state index in [4.69, 9.17) is 18.9 Å². The lowest BCUT2D eigenvalue weighted by molar-refractivity contribution is -0.114. The SMILES string of the molecule is CCOP(=O)(CC(=O)Nc1ccn([C@@H]2CS[C@H](CO)O2)c(=O)n1)OCC. The number of nitrogens with one attached hydrogen (secondary N) is 1. The lowest BCUT2D eigenvalue weighted by Crippen LogP contribution is -2.30. The molecule has 26 heavy (non-hydrogen) atoms. The van der Waals surface area contributed by atoms with Crippen molar-refractivity contribution in [1.29, 1.82) is 0 Å². The molecule has 2 rings (SSSR count). The Labute approximate surface area is 154 Å². The maximum absolute atomic E-state index is 12.3. The first-order valence-corrected chi connectivity index (χ1v) is 10.8. The van der Waals surface area contributed by atoms with Gasteiger partial charge in [-0.2, -0.15) is 4.98 Å². The van der Waals surface area contributed by atoms with Crippen LogP contribution in [0.4, 0.5) is 5.82 Å². The average molecular weight is 407 g/mol. The number of anilines is 1. The standard InChI is InChI=1S/C14H22N3O7PS/c1-3-22-25(21,23-4-2)8-11(19)15-10-5-6-17(14(20)16-10)12-9-26-13(7-18)24-12/h5-6,12-13,18H,3-4,7-9H2,1-2H3,(H,15,16,19,20)/t12-,13+/m0/s1. The van der Waals surface area contributed by atoms with Crippen molar-refractivity contribution >= 4 is 31.1 Å². The third-order valence-corrected chi connectivity index (χ3v) is 6.37. The molecular weight excluding hydrogens is 385 g/mol. The first-order chi connectivity index (χ1) is 12.4. The Morgan fingerprint density at radius 1 is 1.50 bits per heavy atom. The molecule has 1 aromatic heterocycles. The van der Waals surface area contributed by atoms with Crippen LogP contribution in [-0.4, -0.2) is 57.7 Å². The molecule has 1 saturated heterocycles. The number of hydrogen-bond donors (Lipinski definition) is 2. The first kappa shape index (κ1) is 21.1. The molecular formula is C14H22N3O7PS. The molecule has 0 saturated carbocycles. The van der Waals surface area contributed by atoms with Gasteiger partial charge in [0.2, 0.25) is 5.91 Å². The number of hydrogen-bond acceptors (Lipinski definition) is 9. The van der Waals surface area contributed by atoms with Crippen LogP contribution in [0.15, 0.2) is 17.1 Å². The van der Waals surface area contributed by atoms with Crippen LogP contribution in [0.3, 0.4) is 0 Å². The zero-order chi connectivity index (χ0) is 19.2. The monoisotopic (exact) mass is 407 g/mol. The second-order valence-electron chi connectivity index (χ2n) is 5.19. The number of carbonyl (C=O) groups excluding carboxylic acids is 1. The maximum Gasteiger partial charge on any atom is 0.351 e. The van der Waals surface area contributed by atoms with Crippen molar-refractivity contribution in [2.75, 3.05) is 37.1 Å². The summed E-state index contributed by atoms with van der Waals surface area (Å²) in [6.07, 6.45) is 0.443. The second kappa shape index (κ2) is 9.63. The van der Waals surface area contributed by atoms with Gasteiger partial charge in [-0.15, -0.1) is 11.8 Å². The van der Waals surface area contributed by atoms with Gasteiger partial charge in [0.1, 0.15) is 23.6 Å². The van der Waals surface area contributed by atoms with E-state index < -0.39 is 31.6 Å². The first-order valence-electron chi connectivity index (χ1n) is 8.06. The van der Waals surface area contributed by atoms with Crippen molar-refractivity contribution in [2.45, 2.75) is 25.5 Å². The number of rotatable bonds is 9. The number of carbonyl (C=O) groups is 1. The number of amides is 1. The van der Waals surface area contributed by atoms with E-state index in [1.165, 1.54) is 28.6 Å². The number of thioether (sulfide) groups is 1. The molecule has 0 aliphatic carbocycles. The van der Waals surface area contributed by atoms with Gasteiger partial charge in [0.25, 0.3) is 0 Å². The predicted octanol–water partition coefficient (Wildman–Crippen LogP) is 1.03. The summed E-state index contributed by atoms with van der Waals surface area (Å²) < 4.78 is 29.2. The van der Waals surface area contributed by atoms with E-state index in [0.29, 0.717) is 5.75 Å². The third kappa shape index (κ3) is 5.63. The van der Waals surface area contributed by atoms with Gasteiger partial charge in [0.05, 0.1) is 19.8 Å². The number of aliphatic hydroxyl groups is 1. The van der Waals surface area contributed by atoms with E-state index >= 15 is 0 Å². The Balaban J connectivity index is 2.02. The second-order valence-corrected chi connectivity index (χ2v) is 8.44. The van der Waals surface area contributed by atoms with Gasteiger partial charge in [-0.3, -0.25) is 13.9 Å². The fourth-order valence-corrected chi connectivity index (χ4v) is 4.67. The molecule has 2 atom stereocenters. The molecule has 2 N–H and O–H groups in total. The fourth-order valence-electron chi connectivity index (χ4n) is 2.27. The zero-order valence-corrected chi connectivity index (χ0v) is 16.2. The quantitative estimate of drug-likeness (QED) is 0.577. The summed E-state index contributed by atoms with van der Waals surface area (Å²) in [7, 11) is -3.53. The minimum Gasteiger partial charge on any atom is -0.393 e. The summed E-state index contributed by atoms with van der Waals surface area (Å²) >= 11 is 1.40. The van der Waals surface area contributed by atoms with E-state index in [1.54, 1.807) is 13.8 Å². The summed E-state index contributed by atoms with van der Waals surface area (Å²) in [5.74, 6) is -0.0993. The Morgan fingerprint density at radius 2 is 2.19 bits per heavy atom. The molecule has 146 valence electrons. The fraction of sp³-hybridized carbons (Fsp3) is 0.643. The predicted molar refractivity (Wildman–Crippen MR) is 96.3 cm³/mol. The molecule has 1 amide bonds. The Hall–Kier alpha value is -1.23. The van der Waals surface area contributed by atoms with Gasteiger partial charge < -0.3 is 24.2 Å². The molecule has 0 aromatic carbocycles. The molecule has 0 spiro atoms. The third-order valence-electron chi connectivity index (χ3n) is 3.28. The minimum absolute atomic E-state index is 0.0279. The molecule has 12 heteroatoms. The molecule has 2 heterocycles. The van der Waals surface area contributed by atoms with E-state index in [1.807, 2.05) is 0 Å². The van der Waals surface area contributed by atoms with E-state index in [2.05, 4.69) is 10.3 Å². The molecule has 0 bridgehead atoms. The van der Waals surface area contributed by atoms with Gasteiger partial charge in [0, 0.05) is 11.9 Å². The lowest BCUT2D eigenvalue weighted by Gasteiger charge is -2.16. The van der Waals surface area contributed by atoms with Crippen molar-refractivity contribution in [1.82, 2.24) is 9.55 Å². The molecule has 1 aliphatic heterocycles. The molecule has 1 fully saturated rings. The normalized spacial score (nSPS) is 20.3. The Bertz CT molecular complexity index is 719. The minimum atomic E-state index is -3.53. The van der Waals surface area contributed by atoms with Crippen LogP contribution in [0.5, 0.6) is 0 Å². The van der Waals surface area contributed by atoms with Crippen molar-refractivity contribution in [2.24, 2.45) is 0 Å². The number of aromatic nitrogens is 2. The number of nitrogens with zero attached hydrogens (tertiary/aromatic N) is 2. The van der Waals surface area contributed by atoms with Crippen molar-refractivity contribution in [3.63, 3.8) is 0 Å². The van der Waals surface area contributed by atoms with Crippen molar-refractivity contribution in [3.8, 4) is 0 Å². The zero-order valence-electron chi connectivity index (χ0n) is 14.5. The Kier molecular flexibility index (Phi) is 7.81. The van der Waals surface area contributed by atoms with Crippen molar-refractivity contribution in [3.05, 3.63) is 22.7 Å². The highest BCUT2D eigenvalue weighted by Gasteiger charge is 2.29. The van der Waals surface area contributed by atoms with Crippen LogP contribution in [0.2, 0.25) is 0 Å². The van der Waals surface area contributed by atoms with Crippen LogP contribution >= 0.6 is 19.4 Å². The molecule has 10 nitrogen and oxygen atoms in total. The van der Waals surface area contributed by atoms with Gasteiger partial charge in [-0.1, -0.05) is 0 Å². The maximum atomic E-state index is 12.3. The average Bonchev–Trinajstić information content (AvgIpc) is 3.03. The topological polar surface area (TPSA) is 129 Å². The van der Waals surface area contributed by atoms with Gasteiger partial charge in [-0.25, -0.2) is 4.79 Å². The molecule has 0 radical (unpaired) electrons. The number of ether oxygens (including phenoxy) is 1. The summed E-state index contributed by atoms with van der Waals surface area (Å²) in [6, 6.07) is 1.44. The van der Waals surface area contributed by atoms with E-state index in [0.717, 1.165) is 0 Å². The summed E-state index contributed by atoms with van der Waals surface area (Å²) in [5.41, 5.74) is -0.984. The van der Waals surface area contributed by atoms with Gasteiger partial charge in [-0.05, 0) is 19.9 Å². The van der Waals surface area contributed by atoms with Crippen LogP contribution in [-0.2, 0) is 23.1 Å². The van der Waals surface area contributed by atoms with Crippen LogP contribution < -0.4 is 11.0 Å². The summed E-state index contributed by atoms with van der Waals surface area (Å²) in [4.78, 5) is 28.0. The summed E-state index contributed by atoms with van der Waals surface area (Å²) in [6.45, 7) is 3.45. The molecule has 1 aromatic rings. The van der Waals surface area contributed by atoms with Crippen molar-refractivity contribution < 1.29 is 28.3 Å². The van der Waals surface area contributed by atoms with Gasteiger partial charge in [0.15, 0.2) is 0 Å².